The Hall–Kier alpha value is -2.44. The second-order valence-corrected chi connectivity index (χ2v) is 4.41. The molecule has 0 spiro atoms. The molecule has 0 aromatic carbocycles. The molecule has 1 aliphatic heterocycles. The molecule has 0 bridgehead atoms. The number of amides is 3. The summed E-state index contributed by atoms with van der Waals surface area (Å²) in [4.78, 5) is 50.3. The van der Waals surface area contributed by atoms with Gasteiger partial charge in [0.05, 0.1) is 0 Å². The molecular weight excluding hydrogens is 250 g/mol. The summed E-state index contributed by atoms with van der Waals surface area (Å²) in [6.45, 7) is 2.96. The second kappa shape index (κ2) is 4.68. The van der Waals surface area contributed by atoms with Crippen molar-refractivity contribution in [2.24, 2.45) is 0 Å². The van der Waals surface area contributed by atoms with Crippen LogP contribution in [0.5, 0.6) is 0 Å². The zero-order chi connectivity index (χ0) is 14.2. The molecule has 1 aromatic rings. The van der Waals surface area contributed by atoms with E-state index in [4.69, 9.17) is 0 Å². The quantitative estimate of drug-likeness (QED) is 0.646. The Balaban J connectivity index is 2.35. The molecule has 0 aliphatic carbocycles. The summed E-state index contributed by atoms with van der Waals surface area (Å²) in [5.74, 6) is -1.73. The first kappa shape index (κ1) is 13.0. The predicted octanol–water partition coefficient (Wildman–Crippen LogP) is -0.830. The van der Waals surface area contributed by atoms with E-state index in [1.54, 1.807) is 13.0 Å². The minimum atomic E-state index is -0.786. The molecule has 1 atom stereocenters. The third-order valence-corrected chi connectivity index (χ3v) is 2.97. The highest BCUT2D eigenvalue weighted by Gasteiger charge is 2.34. The number of aromatic amines is 1. The summed E-state index contributed by atoms with van der Waals surface area (Å²) in [5, 5.41) is 2.13. The molecule has 19 heavy (non-hydrogen) atoms. The van der Waals surface area contributed by atoms with Crippen LogP contribution in [0.4, 0.5) is 0 Å². The lowest BCUT2D eigenvalue weighted by molar-refractivity contribution is -0.138. The maximum absolute atomic E-state index is 12.2. The minimum Gasteiger partial charge on any atom is -0.326 e. The zero-order valence-corrected chi connectivity index (χ0v) is 10.5. The highest BCUT2D eigenvalue weighted by atomic mass is 16.2. The van der Waals surface area contributed by atoms with Crippen LogP contribution in [0.25, 0.3) is 0 Å². The van der Waals surface area contributed by atoms with Crippen molar-refractivity contribution >= 4 is 17.7 Å². The fraction of sp³-hybridized carbons (Fsp3) is 0.333. The van der Waals surface area contributed by atoms with Gasteiger partial charge < -0.3 is 9.88 Å². The van der Waals surface area contributed by atoms with E-state index < -0.39 is 29.3 Å². The predicted molar refractivity (Wildman–Crippen MR) is 65.4 cm³/mol. The second-order valence-electron chi connectivity index (χ2n) is 4.41. The zero-order valence-electron chi connectivity index (χ0n) is 10.5. The van der Waals surface area contributed by atoms with Gasteiger partial charge in [-0.3, -0.25) is 24.5 Å². The van der Waals surface area contributed by atoms with E-state index in [9.17, 15) is 19.2 Å². The number of pyridine rings is 1. The van der Waals surface area contributed by atoms with Crippen molar-refractivity contribution in [2.45, 2.75) is 19.9 Å². The number of nitrogens with zero attached hydrogens (tertiary/aromatic N) is 1. The van der Waals surface area contributed by atoms with Gasteiger partial charge in [0.2, 0.25) is 11.8 Å². The third-order valence-electron chi connectivity index (χ3n) is 2.97. The number of hydrogen-bond donors (Lipinski definition) is 2. The lowest BCUT2D eigenvalue weighted by Gasteiger charge is -2.31. The summed E-state index contributed by atoms with van der Waals surface area (Å²) in [5.41, 5.74) is 0.0117. The summed E-state index contributed by atoms with van der Waals surface area (Å²) in [6.07, 6.45) is 0. The van der Waals surface area contributed by atoms with E-state index in [-0.39, 0.29) is 12.1 Å². The first-order chi connectivity index (χ1) is 8.90. The van der Waals surface area contributed by atoms with Gasteiger partial charge in [0, 0.05) is 5.69 Å². The molecule has 2 rings (SSSR count). The number of piperazine rings is 1. The molecule has 1 saturated heterocycles. The average Bonchev–Trinajstić information content (AvgIpc) is 2.33. The molecule has 0 radical (unpaired) electrons. The molecule has 1 fully saturated rings. The Morgan fingerprint density at radius 2 is 2.00 bits per heavy atom. The van der Waals surface area contributed by atoms with Crippen LogP contribution >= 0.6 is 0 Å². The molecule has 2 N–H and O–H groups in total. The monoisotopic (exact) mass is 263 g/mol. The number of rotatable bonds is 1. The fourth-order valence-corrected chi connectivity index (χ4v) is 1.86. The van der Waals surface area contributed by atoms with Gasteiger partial charge in [-0.1, -0.05) is 0 Å². The highest BCUT2D eigenvalue weighted by Crippen LogP contribution is 2.09. The van der Waals surface area contributed by atoms with Crippen molar-refractivity contribution in [1.29, 1.82) is 0 Å². The van der Waals surface area contributed by atoms with Crippen LogP contribution in [0.1, 0.15) is 23.0 Å². The summed E-state index contributed by atoms with van der Waals surface area (Å²) < 4.78 is 0. The Morgan fingerprint density at radius 3 is 2.63 bits per heavy atom. The van der Waals surface area contributed by atoms with Crippen LogP contribution in [0.2, 0.25) is 0 Å². The topological polar surface area (TPSA) is 99.3 Å². The smallest absolute Gasteiger partial charge is 0.260 e. The minimum absolute atomic E-state index is 0.0834. The number of hydrogen-bond acceptors (Lipinski definition) is 4. The van der Waals surface area contributed by atoms with Gasteiger partial charge in [0.15, 0.2) is 0 Å². The van der Waals surface area contributed by atoms with Crippen molar-refractivity contribution in [1.82, 2.24) is 15.2 Å². The molecule has 7 heteroatoms. The fourth-order valence-electron chi connectivity index (χ4n) is 1.86. The van der Waals surface area contributed by atoms with Crippen LogP contribution in [-0.4, -0.2) is 40.2 Å². The van der Waals surface area contributed by atoms with Crippen molar-refractivity contribution < 1.29 is 14.4 Å². The van der Waals surface area contributed by atoms with Gasteiger partial charge in [-0.05, 0) is 26.0 Å². The molecule has 1 unspecified atom stereocenters. The molecule has 2 heterocycles. The summed E-state index contributed by atoms with van der Waals surface area (Å²) in [7, 11) is 0. The van der Waals surface area contributed by atoms with Crippen LogP contribution in [0, 0.1) is 6.92 Å². The number of nitrogens with one attached hydrogen (secondary N) is 2. The highest BCUT2D eigenvalue weighted by molar-refractivity contribution is 6.06. The van der Waals surface area contributed by atoms with Gasteiger partial charge in [-0.15, -0.1) is 0 Å². The summed E-state index contributed by atoms with van der Waals surface area (Å²) in [6, 6.07) is 2.19. The van der Waals surface area contributed by atoms with Gasteiger partial charge >= 0.3 is 0 Å². The number of imide groups is 1. The number of carbonyl (C=O) groups excluding carboxylic acids is 3. The Kier molecular flexibility index (Phi) is 3.20. The molecule has 3 amide bonds. The van der Waals surface area contributed by atoms with Crippen LogP contribution in [0.15, 0.2) is 16.9 Å². The third kappa shape index (κ3) is 2.40. The normalized spacial score (nSPS) is 19.3. The number of aryl methyl sites for hydroxylation is 1. The van der Waals surface area contributed by atoms with Gasteiger partial charge in [0.25, 0.3) is 11.5 Å². The lowest BCUT2D eigenvalue weighted by atomic mass is 10.1. The Morgan fingerprint density at radius 1 is 1.32 bits per heavy atom. The van der Waals surface area contributed by atoms with Crippen LogP contribution in [-0.2, 0) is 9.59 Å². The SMILES string of the molecule is Cc1ccc(C(=O)N2CC(=O)NC(=O)C2C)c(=O)[nH]1. The standard InChI is InChI=1S/C12H13N3O4/c1-6-3-4-8(11(18)13-6)12(19)15-5-9(16)14-10(17)7(15)2/h3-4,7H,5H2,1-2H3,(H,13,18)(H,14,16,17). The number of carbonyl (C=O) groups is 3. The average molecular weight is 263 g/mol. The first-order valence-electron chi connectivity index (χ1n) is 5.74. The Bertz CT molecular complexity index is 620. The van der Waals surface area contributed by atoms with E-state index >= 15 is 0 Å². The molecule has 1 aromatic heterocycles. The molecule has 0 saturated carbocycles. The first-order valence-corrected chi connectivity index (χ1v) is 5.74. The molecule has 1 aliphatic rings. The van der Waals surface area contributed by atoms with E-state index in [1.807, 2.05) is 0 Å². The van der Waals surface area contributed by atoms with Crippen molar-refractivity contribution in [3.8, 4) is 0 Å². The molecular formula is C12H13N3O4. The van der Waals surface area contributed by atoms with Gasteiger partial charge in [-0.2, -0.15) is 0 Å². The van der Waals surface area contributed by atoms with E-state index in [0.29, 0.717) is 5.69 Å². The Labute approximate surface area is 108 Å². The number of H-pyrrole nitrogens is 1. The van der Waals surface area contributed by atoms with Crippen LogP contribution < -0.4 is 10.9 Å². The van der Waals surface area contributed by atoms with Gasteiger partial charge in [0.1, 0.15) is 18.2 Å². The molecule has 7 nitrogen and oxygen atoms in total. The number of aromatic nitrogens is 1. The van der Waals surface area contributed by atoms with Gasteiger partial charge in [-0.25, -0.2) is 0 Å². The summed E-state index contributed by atoms with van der Waals surface area (Å²) >= 11 is 0. The van der Waals surface area contributed by atoms with Crippen molar-refractivity contribution in [3.05, 3.63) is 33.7 Å². The van der Waals surface area contributed by atoms with E-state index in [2.05, 4.69) is 10.3 Å². The van der Waals surface area contributed by atoms with Crippen LogP contribution in [0.3, 0.4) is 0 Å². The maximum Gasteiger partial charge on any atom is 0.260 e. The van der Waals surface area contributed by atoms with Crippen molar-refractivity contribution in [3.63, 3.8) is 0 Å². The lowest BCUT2D eigenvalue weighted by Crippen LogP contribution is -2.59. The molecule has 100 valence electrons. The van der Waals surface area contributed by atoms with E-state index in [1.165, 1.54) is 13.0 Å². The van der Waals surface area contributed by atoms with Crippen molar-refractivity contribution in [2.75, 3.05) is 6.54 Å². The van der Waals surface area contributed by atoms with E-state index in [0.717, 1.165) is 4.90 Å². The maximum atomic E-state index is 12.2. The largest absolute Gasteiger partial charge is 0.326 e.